The quantitative estimate of drug-likeness (QED) is 0.528. The van der Waals surface area contributed by atoms with Crippen LogP contribution in [-0.4, -0.2) is 31.1 Å². The van der Waals surface area contributed by atoms with E-state index in [0.29, 0.717) is 6.61 Å². The van der Waals surface area contributed by atoms with Crippen molar-refractivity contribution in [3.63, 3.8) is 0 Å². The summed E-state index contributed by atoms with van der Waals surface area (Å²) < 4.78 is 4.71. The fraction of sp³-hybridized carbons (Fsp3) is 1.00. The number of rotatable bonds is 3. The second-order valence-electron chi connectivity index (χ2n) is 1.40. The highest BCUT2D eigenvalue weighted by Gasteiger charge is 1.94. The van der Waals surface area contributed by atoms with Gasteiger partial charge < -0.3 is 9.84 Å². The first-order valence-corrected chi connectivity index (χ1v) is 2.83. The molecular formula is C4H11O2P. The molecule has 0 radical (unpaired) electrons. The molecule has 1 unspecified atom stereocenters. The summed E-state index contributed by atoms with van der Waals surface area (Å²) in [5.41, 5.74) is 0.199. The summed E-state index contributed by atoms with van der Waals surface area (Å²) >= 11 is 0. The van der Waals surface area contributed by atoms with Crippen LogP contribution in [0, 0.1) is 0 Å². The Hall–Kier alpha value is 0.350. The van der Waals surface area contributed by atoms with Gasteiger partial charge in [-0.2, -0.15) is 0 Å². The topological polar surface area (TPSA) is 29.5 Å². The molecule has 0 amide bonds. The third kappa shape index (κ3) is 4.20. The molecule has 2 nitrogen and oxygen atoms in total. The van der Waals surface area contributed by atoms with E-state index < -0.39 is 0 Å². The molecule has 0 aliphatic rings. The highest BCUT2D eigenvalue weighted by molar-refractivity contribution is 7.17. The maximum absolute atomic E-state index is 8.37. The molecule has 0 aromatic carbocycles. The highest BCUT2D eigenvalue weighted by atomic mass is 31.0. The molecular weight excluding hydrogens is 111 g/mol. The molecule has 0 saturated carbocycles. The van der Waals surface area contributed by atoms with Gasteiger partial charge >= 0.3 is 0 Å². The lowest BCUT2D eigenvalue weighted by Gasteiger charge is -2.02. The van der Waals surface area contributed by atoms with Crippen molar-refractivity contribution in [1.29, 1.82) is 0 Å². The minimum Gasteiger partial charge on any atom is -0.396 e. The van der Waals surface area contributed by atoms with Crippen molar-refractivity contribution in [3.05, 3.63) is 0 Å². The van der Waals surface area contributed by atoms with Crippen LogP contribution in [0.4, 0.5) is 0 Å². The molecule has 0 rings (SSSR count). The lowest BCUT2D eigenvalue weighted by atomic mass is 10.5. The van der Waals surface area contributed by atoms with E-state index in [4.69, 9.17) is 9.84 Å². The number of hydrogen-bond acceptors (Lipinski definition) is 2. The summed E-state index contributed by atoms with van der Waals surface area (Å²) in [6.45, 7) is 0.791. The minimum atomic E-state index is 0.179. The number of ether oxygens (including phenoxy) is 1. The first kappa shape index (κ1) is 7.35. The van der Waals surface area contributed by atoms with Gasteiger partial charge in [0.1, 0.15) is 0 Å². The summed E-state index contributed by atoms with van der Waals surface area (Å²) in [6.07, 6.45) is 0. The largest absolute Gasteiger partial charge is 0.396 e. The molecule has 0 aromatic rings. The van der Waals surface area contributed by atoms with E-state index in [1.165, 1.54) is 0 Å². The normalized spacial score (nSPS) is 14.1. The number of hydrogen-bond donors (Lipinski definition) is 1. The van der Waals surface area contributed by atoms with Crippen LogP contribution in [0.15, 0.2) is 0 Å². The Morgan fingerprint density at radius 1 is 1.86 bits per heavy atom. The van der Waals surface area contributed by atoms with Gasteiger partial charge in [0.2, 0.25) is 0 Å². The van der Waals surface area contributed by atoms with Crippen LogP contribution in [0.3, 0.4) is 0 Å². The Bertz CT molecular complexity index is 40.7. The summed E-state index contributed by atoms with van der Waals surface area (Å²) in [5.74, 6) is 0. The average Bonchev–Trinajstić information content (AvgIpc) is 1.68. The van der Waals surface area contributed by atoms with Crippen LogP contribution in [0.25, 0.3) is 0 Å². The van der Waals surface area contributed by atoms with Crippen molar-refractivity contribution >= 4 is 9.24 Å². The molecule has 0 saturated heterocycles. The lowest BCUT2D eigenvalue weighted by molar-refractivity contribution is 0.171. The molecule has 0 aliphatic heterocycles. The van der Waals surface area contributed by atoms with E-state index in [1.807, 2.05) is 0 Å². The zero-order valence-corrected chi connectivity index (χ0v) is 5.58. The van der Waals surface area contributed by atoms with Gasteiger partial charge in [-0.3, -0.25) is 0 Å². The standard InChI is InChI=1S/C4H11O2P/c1-6-3-4(7)2-5/h4-5H,2-3,7H2,1H3/t4-/m0/s1. The third-order valence-corrected chi connectivity index (χ3v) is 1.02. The fourth-order valence-corrected chi connectivity index (χ4v) is 0.459. The molecule has 0 spiro atoms. The van der Waals surface area contributed by atoms with Crippen molar-refractivity contribution < 1.29 is 9.84 Å². The van der Waals surface area contributed by atoms with Crippen LogP contribution in [0.1, 0.15) is 0 Å². The highest BCUT2D eigenvalue weighted by Crippen LogP contribution is 1.96. The molecule has 7 heavy (non-hydrogen) atoms. The molecule has 3 heteroatoms. The summed E-state index contributed by atoms with van der Waals surface area (Å²) in [7, 11) is 4.10. The predicted molar refractivity (Wildman–Crippen MR) is 32.5 cm³/mol. The van der Waals surface area contributed by atoms with E-state index >= 15 is 0 Å². The fourth-order valence-electron chi connectivity index (χ4n) is 0.267. The van der Waals surface area contributed by atoms with Crippen LogP contribution in [-0.2, 0) is 4.74 Å². The Labute approximate surface area is 46.1 Å². The van der Waals surface area contributed by atoms with Crippen molar-refractivity contribution in [2.75, 3.05) is 20.3 Å². The number of aliphatic hydroxyl groups excluding tert-OH is 1. The van der Waals surface area contributed by atoms with Crippen LogP contribution in [0.5, 0.6) is 0 Å². The Morgan fingerprint density at radius 2 is 2.43 bits per heavy atom. The monoisotopic (exact) mass is 122 g/mol. The minimum absolute atomic E-state index is 0.179. The first-order valence-electron chi connectivity index (χ1n) is 2.16. The Morgan fingerprint density at radius 3 is 2.57 bits per heavy atom. The van der Waals surface area contributed by atoms with Gasteiger partial charge in [-0.25, -0.2) is 0 Å². The Kier molecular flexibility index (Phi) is 4.73. The molecule has 0 aromatic heterocycles. The van der Waals surface area contributed by atoms with E-state index in [2.05, 4.69) is 9.24 Å². The van der Waals surface area contributed by atoms with Crippen LogP contribution in [0.2, 0.25) is 0 Å². The molecule has 2 atom stereocenters. The summed E-state index contributed by atoms with van der Waals surface area (Å²) in [5, 5.41) is 8.37. The third-order valence-electron chi connectivity index (χ3n) is 0.615. The molecule has 44 valence electrons. The second kappa shape index (κ2) is 4.51. The van der Waals surface area contributed by atoms with Crippen LogP contribution < -0.4 is 0 Å². The van der Waals surface area contributed by atoms with E-state index in [1.54, 1.807) is 7.11 Å². The van der Waals surface area contributed by atoms with Crippen molar-refractivity contribution in [2.45, 2.75) is 5.66 Å². The van der Waals surface area contributed by atoms with Crippen LogP contribution >= 0.6 is 9.24 Å². The molecule has 0 fully saturated rings. The van der Waals surface area contributed by atoms with Gasteiger partial charge in [0.25, 0.3) is 0 Å². The van der Waals surface area contributed by atoms with Gasteiger partial charge in [0.05, 0.1) is 13.2 Å². The van der Waals surface area contributed by atoms with Gasteiger partial charge in [-0.15, -0.1) is 9.24 Å². The average molecular weight is 122 g/mol. The second-order valence-corrected chi connectivity index (χ2v) is 2.34. The van der Waals surface area contributed by atoms with Gasteiger partial charge in [-0.05, 0) is 0 Å². The number of methoxy groups -OCH3 is 1. The van der Waals surface area contributed by atoms with Gasteiger partial charge in [0, 0.05) is 12.8 Å². The molecule has 0 aliphatic carbocycles. The smallest absolute Gasteiger partial charge is 0.0546 e. The molecule has 0 heterocycles. The SMILES string of the molecule is COC[C@@H](P)CO. The zero-order valence-electron chi connectivity index (χ0n) is 4.42. The van der Waals surface area contributed by atoms with Crippen molar-refractivity contribution in [1.82, 2.24) is 0 Å². The van der Waals surface area contributed by atoms with Crippen molar-refractivity contribution in [3.8, 4) is 0 Å². The lowest BCUT2D eigenvalue weighted by Crippen LogP contribution is -2.10. The van der Waals surface area contributed by atoms with E-state index in [9.17, 15) is 0 Å². The molecule has 1 N–H and O–H groups in total. The van der Waals surface area contributed by atoms with E-state index in [-0.39, 0.29) is 12.3 Å². The first-order chi connectivity index (χ1) is 3.31. The zero-order chi connectivity index (χ0) is 5.70. The summed E-state index contributed by atoms with van der Waals surface area (Å²) in [6, 6.07) is 0. The summed E-state index contributed by atoms with van der Waals surface area (Å²) in [4.78, 5) is 0. The Balaban J connectivity index is 2.83. The molecule has 0 bridgehead atoms. The van der Waals surface area contributed by atoms with E-state index in [0.717, 1.165) is 0 Å². The maximum atomic E-state index is 8.37. The maximum Gasteiger partial charge on any atom is 0.0546 e. The predicted octanol–water partition coefficient (Wildman–Crippen LogP) is -0.131. The van der Waals surface area contributed by atoms with Crippen molar-refractivity contribution in [2.24, 2.45) is 0 Å². The van der Waals surface area contributed by atoms with Gasteiger partial charge in [0.15, 0.2) is 0 Å². The number of aliphatic hydroxyl groups is 1. The van der Waals surface area contributed by atoms with Gasteiger partial charge in [-0.1, -0.05) is 0 Å².